The van der Waals surface area contributed by atoms with Crippen molar-refractivity contribution in [2.75, 3.05) is 12.4 Å². The van der Waals surface area contributed by atoms with Crippen molar-refractivity contribution in [3.63, 3.8) is 0 Å². The van der Waals surface area contributed by atoms with Crippen LogP contribution < -0.4 is 10.6 Å². The molecule has 1 fully saturated rings. The molecule has 1 saturated carbocycles. The molecule has 3 heteroatoms. The van der Waals surface area contributed by atoms with E-state index in [1.54, 1.807) is 0 Å². The van der Waals surface area contributed by atoms with Gasteiger partial charge in [-0.3, -0.25) is 4.79 Å². The lowest BCUT2D eigenvalue weighted by molar-refractivity contribution is -0.119. The fourth-order valence-corrected chi connectivity index (χ4v) is 2.40. The van der Waals surface area contributed by atoms with Crippen LogP contribution in [0.3, 0.4) is 0 Å². The molecule has 1 aromatic rings. The second-order valence-electron chi connectivity index (χ2n) is 4.70. The van der Waals surface area contributed by atoms with Crippen molar-refractivity contribution in [1.29, 1.82) is 0 Å². The fourth-order valence-electron chi connectivity index (χ4n) is 2.40. The summed E-state index contributed by atoms with van der Waals surface area (Å²) in [6, 6.07) is 8.02. The Morgan fingerprint density at radius 2 is 2.12 bits per heavy atom. The topological polar surface area (TPSA) is 41.1 Å². The number of benzene rings is 1. The summed E-state index contributed by atoms with van der Waals surface area (Å²) in [7, 11) is 1.92. The van der Waals surface area contributed by atoms with Gasteiger partial charge >= 0.3 is 0 Å². The molecule has 1 amide bonds. The van der Waals surface area contributed by atoms with Gasteiger partial charge in [-0.15, -0.1) is 0 Å². The maximum atomic E-state index is 12.0. The van der Waals surface area contributed by atoms with Gasteiger partial charge < -0.3 is 10.6 Å². The molecule has 0 radical (unpaired) electrons. The van der Waals surface area contributed by atoms with Crippen LogP contribution in [0.5, 0.6) is 0 Å². The van der Waals surface area contributed by atoms with Crippen LogP contribution in [-0.2, 0) is 11.3 Å². The first-order chi connectivity index (χ1) is 8.29. The molecule has 17 heavy (non-hydrogen) atoms. The zero-order valence-electron chi connectivity index (χ0n) is 10.3. The maximum Gasteiger partial charge on any atom is 0.227 e. The van der Waals surface area contributed by atoms with Gasteiger partial charge in [0.1, 0.15) is 0 Å². The average Bonchev–Trinajstić information content (AvgIpc) is 2.83. The Balaban J connectivity index is 1.97. The molecule has 92 valence electrons. The molecule has 2 N–H and O–H groups in total. The number of carbonyl (C=O) groups excluding carboxylic acids is 1. The zero-order valence-corrected chi connectivity index (χ0v) is 10.3. The van der Waals surface area contributed by atoms with Gasteiger partial charge in [0.05, 0.1) is 0 Å². The Morgan fingerprint density at radius 3 is 2.82 bits per heavy atom. The molecule has 3 nitrogen and oxygen atoms in total. The van der Waals surface area contributed by atoms with E-state index in [1.165, 1.54) is 18.4 Å². The number of anilines is 1. The van der Waals surface area contributed by atoms with Crippen molar-refractivity contribution in [3.8, 4) is 0 Å². The molecule has 0 aromatic heterocycles. The summed E-state index contributed by atoms with van der Waals surface area (Å²) in [5, 5.41) is 6.12. The normalized spacial score (nSPS) is 16.1. The van der Waals surface area contributed by atoms with Crippen LogP contribution >= 0.6 is 0 Å². The Kier molecular flexibility index (Phi) is 4.15. The van der Waals surface area contributed by atoms with Gasteiger partial charge in [-0.2, -0.15) is 0 Å². The van der Waals surface area contributed by atoms with E-state index in [4.69, 9.17) is 0 Å². The van der Waals surface area contributed by atoms with Crippen molar-refractivity contribution in [3.05, 3.63) is 29.8 Å². The SMILES string of the molecule is CNCc1cccc(NC(=O)C2CCCC2)c1. The molecule has 0 saturated heterocycles. The molecule has 0 aliphatic heterocycles. The standard InChI is InChI=1S/C14H20N2O/c1-15-10-11-5-4-8-13(9-11)16-14(17)12-6-2-3-7-12/h4-5,8-9,12,15H,2-3,6-7,10H2,1H3,(H,16,17). The lowest BCUT2D eigenvalue weighted by Gasteiger charge is -2.11. The average molecular weight is 232 g/mol. The molecule has 1 aromatic carbocycles. The zero-order chi connectivity index (χ0) is 12.1. The van der Waals surface area contributed by atoms with Crippen LogP contribution in [-0.4, -0.2) is 13.0 Å². The van der Waals surface area contributed by atoms with Gasteiger partial charge in [-0.1, -0.05) is 25.0 Å². The Hall–Kier alpha value is -1.35. The minimum Gasteiger partial charge on any atom is -0.326 e. The largest absolute Gasteiger partial charge is 0.326 e. The quantitative estimate of drug-likeness (QED) is 0.837. The lowest BCUT2D eigenvalue weighted by Crippen LogP contribution is -2.20. The third-order valence-electron chi connectivity index (χ3n) is 3.30. The maximum absolute atomic E-state index is 12.0. The van der Waals surface area contributed by atoms with Gasteiger partial charge in [0.25, 0.3) is 0 Å². The van der Waals surface area contributed by atoms with E-state index in [1.807, 2.05) is 25.2 Å². The molecule has 0 heterocycles. The smallest absolute Gasteiger partial charge is 0.227 e. The van der Waals surface area contributed by atoms with Gasteiger partial charge in [0.15, 0.2) is 0 Å². The molecule has 0 spiro atoms. The second kappa shape index (κ2) is 5.82. The van der Waals surface area contributed by atoms with Crippen LogP contribution in [0.1, 0.15) is 31.2 Å². The van der Waals surface area contributed by atoms with E-state index < -0.39 is 0 Å². The van der Waals surface area contributed by atoms with Crippen molar-refractivity contribution in [1.82, 2.24) is 5.32 Å². The van der Waals surface area contributed by atoms with Gasteiger partial charge in [0, 0.05) is 18.2 Å². The molecule has 1 aliphatic rings. The number of hydrogen-bond acceptors (Lipinski definition) is 2. The highest BCUT2D eigenvalue weighted by Gasteiger charge is 2.22. The van der Waals surface area contributed by atoms with Crippen LogP contribution in [0.4, 0.5) is 5.69 Å². The van der Waals surface area contributed by atoms with Crippen LogP contribution in [0.25, 0.3) is 0 Å². The third kappa shape index (κ3) is 3.30. The molecule has 0 unspecified atom stereocenters. The molecule has 2 rings (SSSR count). The first-order valence-electron chi connectivity index (χ1n) is 6.34. The highest BCUT2D eigenvalue weighted by atomic mass is 16.1. The Morgan fingerprint density at radius 1 is 1.35 bits per heavy atom. The number of amides is 1. The minimum absolute atomic E-state index is 0.184. The molecule has 0 atom stereocenters. The van der Waals surface area contributed by atoms with Crippen LogP contribution in [0.15, 0.2) is 24.3 Å². The van der Waals surface area contributed by atoms with Gasteiger partial charge in [-0.05, 0) is 37.6 Å². The Labute approximate surface area is 103 Å². The van der Waals surface area contributed by atoms with E-state index >= 15 is 0 Å². The van der Waals surface area contributed by atoms with E-state index in [0.717, 1.165) is 25.1 Å². The number of hydrogen-bond donors (Lipinski definition) is 2. The van der Waals surface area contributed by atoms with Crippen molar-refractivity contribution in [2.24, 2.45) is 5.92 Å². The van der Waals surface area contributed by atoms with E-state index in [0.29, 0.717) is 0 Å². The summed E-state index contributed by atoms with van der Waals surface area (Å²) in [6.45, 7) is 0.827. The second-order valence-corrected chi connectivity index (χ2v) is 4.70. The molecular formula is C14H20N2O. The van der Waals surface area contributed by atoms with E-state index in [2.05, 4.69) is 16.7 Å². The van der Waals surface area contributed by atoms with Gasteiger partial charge in [-0.25, -0.2) is 0 Å². The summed E-state index contributed by atoms with van der Waals surface area (Å²) in [4.78, 5) is 12.0. The van der Waals surface area contributed by atoms with Crippen molar-refractivity contribution < 1.29 is 4.79 Å². The van der Waals surface area contributed by atoms with Crippen LogP contribution in [0, 0.1) is 5.92 Å². The third-order valence-corrected chi connectivity index (χ3v) is 3.30. The number of rotatable bonds is 4. The van der Waals surface area contributed by atoms with E-state index in [-0.39, 0.29) is 11.8 Å². The van der Waals surface area contributed by atoms with Crippen LogP contribution in [0.2, 0.25) is 0 Å². The lowest BCUT2D eigenvalue weighted by atomic mass is 10.1. The monoisotopic (exact) mass is 232 g/mol. The summed E-state index contributed by atoms with van der Waals surface area (Å²) in [5.41, 5.74) is 2.10. The van der Waals surface area contributed by atoms with Gasteiger partial charge in [0.2, 0.25) is 5.91 Å². The summed E-state index contributed by atoms with van der Waals surface area (Å²) >= 11 is 0. The number of carbonyl (C=O) groups is 1. The highest BCUT2D eigenvalue weighted by Crippen LogP contribution is 2.26. The van der Waals surface area contributed by atoms with Crippen molar-refractivity contribution >= 4 is 11.6 Å². The minimum atomic E-state index is 0.184. The van der Waals surface area contributed by atoms with E-state index in [9.17, 15) is 4.79 Å². The van der Waals surface area contributed by atoms with Crippen molar-refractivity contribution in [2.45, 2.75) is 32.2 Å². The summed E-state index contributed by atoms with van der Waals surface area (Å²) < 4.78 is 0. The first-order valence-corrected chi connectivity index (χ1v) is 6.34. The fraction of sp³-hybridized carbons (Fsp3) is 0.500. The summed E-state index contributed by atoms with van der Waals surface area (Å²) in [5.74, 6) is 0.409. The summed E-state index contributed by atoms with van der Waals surface area (Å²) in [6.07, 6.45) is 4.47. The highest BCUT2D eigenvalue weighted by molar-refractivity contribution is 5.92. The first kappa shape index (κ1) is 12.1. The Bertz CT molecular complexity index is 384. The predicted octanol–water partition coefficient (Wildman–Crippen LogP) is 2.53. The predicted molar refractivity (Wildman–Crippen MR) is 69.8 cm³/mol. The molecule has 0 bridgehead atoms. The number of nitrogens with one attached hydrogen (secondary N) is 2. The molecule has 1 aliphatic carbocycles. The molecular weight excluding hydrogens is 212 g/mol.